The number of fused-ring (bicyclic) bond motifs is 1. The summed E-state index contributed by atoms with van der Waals surface area (Å²) in [6.45, 7) is 15.3. The topological polar surface area (TPSA) is 63.1 Å². The Morgan fingerprint density at radius 2 is 1.93 bits per heavy atom. The predicted octanol–water partition coefficient (Wildman–Crippen LogP) is 4.08. The SMILES string of the molecule is CNCCC1CCN(C(=O)c2cc(C(C)C)nc3c2c(C)nn3C(C)(C)C)CC1. The highest BCUT2D eigenvalue weighted by molar-refractivity contribution is 6.06. The monoisotopic (exact) mass is 399 g/mol. The molecule has 29 heavy (non-hydrogen) atoms. The van der Waals surface area contributed by atoms with Gasteiger partial charge < -0.3 is 10.2 Å². The second-order valence-corrected chi connectivity index (χ2v) is 9.74. The number of nitrogens with zero attached hydrogens (tertiary/aromatic N) is 4. The zero-order chi connectivity index (χ0) is 21.3. The maximum absolute atomic E-state index is 13.6. The smallest absolute Gasteiger partial charge is 0.254 e. The maximum Gasteiger partial charge on any atom is 0.254 e. The molecule has 6 heteroatoms. The number of pyridine rings is 1. The van der Waals surface area contributed by atoms with Crippen molar-refractivity contribution in [2.24, 2.45) is 5.92 Å². The Morgan fingerprint density at radius 1 is 1.28 bits per heavy atom. The van der Waals surface area contributed by atoms with Crippen LogP contribution in [0.1, 0.15) is 81.5 Å². The number of aromatic nitrogens is 3. The first kappa shape index (κ1) is 21.8. The van der Waals surface area contributed by atoms with E-state index in [2.05, 4.69) is 39.9 Å². The Kier molecular flexibility index (Phi) is 6.32. The van der Waals surface area contributed by atoms with Gasteiger partial charge in [0.1, 0.15) is 0 Å². The summed E-state index contributed by atoms with van der Waals surface area (Å²) in [4.78, 5) is 20.5. The van der Waals surface area contributed by atoms with E-state index in [1.54, 1.807) is 0 Å². The molecule has 1 amide bonds. The molecule has 1 fully saturated rings. The normalized spacial score (nSPS) is 16.2. The molecule has 0 saturated carbocycles. The summed E-state index contributed by atoms with van der Waals surface area (Å²) in [7, 11) is 2.00. The standard InChI is InChI=1S/C23H37N5O/c1-15(2)19-14-18(20-16(3)26-28(21(20)25-19)23(4,5)6)22(29)27-12-9-17(10-13-27)8-11-24-7/h14-15,17,24H,8-13H2,1-7H3. The van der Waals surface area contributed by atoms with Crippen LogP contribution in [0.2, 0.25) is 0 Å². The van der Waals surface area contributed by atoms with E-state index in [-0.39, 0.29) is 17.4 Å². The van der Waals surface area contributed by atoms with Crippen molar-refractivity contribution in [3.8, 4) is 0 Å². The molecule has 1 N–H and O–H groups in total. The predicted molar refractivity (Wildman–Crippen MR) is 119 cm³/mol. The van der Waals surface area contributed by atoms with Crippen LogP contribution in [0, 0.1) is 12.8 Å². The van der Waals surface area contributed by atoms with Crippen molar-refractivity contribution in [1.29, 1.82) is 0 Å². The number of piperidine rings is 1. The molecule has 1 saturated heterocycles. The van der Waals surface area contributed by atoms with Crippen LogP contribution in [0.5, 0.6) is 0 Å². The molecule has 6 nitrogen and oxygen atoms in total. The number of hydrogen-bond acceptors (Lipinski definition) is 4. The molecule has 1 aliphatic heterocycles. The van der Waals surface area contributed by atoms with E-state index >= 15 is 0 Å². The van der Waals surface area contributed by atoms with Crippen molar-refractivity contribution in [3.63, 3.8) is 0 Å². The highest BCUT2D eigenvalue weighted by Crippen LogP contribution is 2.30. The van der Waals surface area contributed by atoms with Gasteiger partial charge in [-0.15, -0.1) is 0 Å². The maximum atomic E-state index is 13.6. The zero-order valence-electron chi connectivity index (χ0n) is 19.2. The third kappa shape index (κ3) is 4.47. The van der Waals surface area contributed by atoms with Crippen molar-refractivity contribution < 1.29 is 4.79 Å². The second kappa shape index (κ2) is 8.42. The number of hydrogen-bond donors (Lipinski definition) is 1. The van der Waals surface area contributed by atoms with Crippen LogP contribution < -0.4 is 5.32 Å². The molecule has 0 atom stereocenters. The summed E-state index contributed by atoms with van der Waals surface area (Å²) in [5.74, 6) is 1.09. The van der Waals surface area contributed by atoms with Crippen LogP contribution in [-0.2, 0) is 5.54 Å². The van der Waals surface area contributed by atoms with Gasteiger partial charge in [0.25, 0.3) is 5.91 Å². The van der Waals surface area contributed by atoms with E-state index in [4.69, 9.17) is 10.1 Å². The molecule has 0 aliphatic carbocycles. The molecule has 2 aromatic rings. The van der Waals surface area contributed by atoms with Crippen molar-refractivity contribution in [2.75, 3.05) is 26.7 Å². The van der Waals surface area contributed by atoms with Crippen molar-refractivity contribution >= 4 is 16.9 Å². The number of carbonyl (C=O) groups is 1. The molecule has 1 aliphatic rings. The van der Waals surface area contributed by atoms with E-state index in [0.717, 1.165) is 60.5 Å². The molecule has 0 spiro atoms. The van der Waals surface area contributed by atoms with Gasteiger partial charge in [0.15, 0.2) is 5.65 Å². The minimum absolute atomic E-state index is 0.128. The third-order valence-corrected chi connectivity index (χ3v) is 5.99. The Balaban J connectivity index is 1.98. The Labute approximate surface area is 175 Å². The highest BCUT2D eigenvalue weighted by atomic mass is 16.2. The van der Waals surface area contributed by atoms with Crippen LogP contribution in [-0.4, -0.2) is 52.3 Å². The van der Waals surface area contributed by atoms with Gasteiger partial charge in [0.2, 0.25) is 0 Å². The van der Waals surface area contributed by atoms with Gasteiger partial charge in [0.05, 0.1) is 22.2 Å². The largest absolute Gasteiger partial charge is 0.339 e. The van der Waals surface area contributed by atoms with Gasteiger partial charge in [-0.1, -0.05) is 13.8 Å². The number of likely N-dealkylation sites (tertiary alicyclic amines) is 1. The van der Waals surface area contributed by atoms with Crippen LogP contribution >= 0.6 is 0 Å². The average Bonchev–Trinajstić information content (AvgIpc) is 3.02. The van der Waals surface area contributed by atoms with E-state index in [1.807, 2.05) is 29.6 Å². The number of carbonyl (C=O) groups excluding carboxylic acids is 1. The number of nitrogens with one attached hydrogen (secondary N) is 1. The molecule has 160 valence electrons. The van der Waals surface area contributed by atoms with Gasteiger partial charge in [-0.05, 0) is 78.5 Å². The van der Waals surface area contributed by atoms with Crippen LogP contribution in [0.3, 0.4) is 0 Å². The van der Waals surface area contributed by atoms with E-state index in [0.29, 0.717) is 5.92 Å². The number of rotatable bonds is 5. The minimum Gasteiger partial charge on any atom is -0.339 e. The average molecular weight is 400 g/mol. The van der Waals surface area contributed by atoms with Gasteiger partial charge in [-0.3, -0.25) is 4.79 Å². The molecule has 0 aromatic carbocycles. The molecule has 3 heterocycles. The Hall–Kier alpha value is -1.95. The van der Waals surface area contributed by atoms with Crippen molar-refractivity contribution in [2.45, 2.75) is 72.3 Å². The Bertz CT molecular complexity index is 870. The summed E-state index contributed by atoms with van der Waals surface area (Å²) in [6, 6.07) is 2.00. The first-order valence-electron chi connectivity index (χ1n) is 11.0. The van der Waals surface area contributed by atoms with Crippen LogP contribution in [0.4, 0.5) is 0 Å². The summed E-state index contributed by atoms with van der Waals surface area (Å²) < 4.78 is 1.98. The summed E-state index contributed by atoms with van der Waals surface area (Å²) in [5, 5.41) is 8.92. The van der Waals surface area contributed by atoms with Gasteiger partial charge in [0, 0.05) is 18.8 Å². The van der Waals surface area contributed by atoms with E-state index < -0.39 is 0 Å². The fourth-order valence-corrected chi connectivity index (χ4v) is 4.18. The van der Waals surface area contributed by atoms with E-state index in [9.17, 15) is 4.79 Å². The first-order chi connectivity index (χ1) is 13.6. The fraction of sp³-hybridized carbons (Fsp3) is 0.696. The van der Waals surface area contributed by atoms with Crippen LogP contribution in [0.15, 0.2) is 6.07 Å². The molecule has 0 unspecified atom stereocenters. The lowest BCUT2D eigenvalue weighted by Gasteiger charge is -2.32. The first-order valence-corrected chi connectivity index (χ1v) is 11.0. The number of aryl methyl sites for hydroxylation is 1. The van der Waals surface area contributed by atoms with Crippen LogP contribution in [0.25, 0.3) is 11.0 Å². The fourth-order valence-electron chi connectivity index (χ4n) is 4.18. The Morgan fingerprint density at radius 3 is 2.48 bits per heavy atom. The third-order valence-electron chi connectivity index (χ3n) is 5.99. The lowest BCUT2D eigenvalue weighted by Crippen LogP contribution is -2.39. The van der Waals surface area contributed by atoms with Crippen molar-refractivity contribution in [1.82, 2.24) is 25.0 Å². The molecule has 3 rings (SSSR count). The van der Waals surface area contributed by atoms with Crippen molar-refractivity contribution in [3.05, 3.63) is 23.0 Å². The zero-order valence-corrected chi connectivity index (χ0v) is 19.2. The lowest BCUT2D eigenvalue weighted by molar-refractivity contribution is 0.0689. The minimum atomic E-state index is -0.193. The van der Waals surface area contributed by atoms with Gasteiger partial charge in [-0.2, -0.15) is 5.10 Å². The van der Waals surface area contributed by atoms with Gasteiger partial charge in [-0.25, -0.2) is 9.67 Å². The summed E-state index contributed by atoms with van der Waals surface area (Å²) in [6.07, 6.45) is 3.35. The number of amides is 1. The lowest BCUT2D eigenvalue weighted by atomic mass is 9.93. The second-order valence-electron chi connectivity index (χ2n) is 9.74. The van der Waals surface area contributed by atoms with Gasteiger partial charge >= 0.3 is 0 Å². The summed E-state index contributed by atoms with van der Waals surface area (Å²) >= 11 is 0. The molecular formula is C23H37N5O. The molecule has 0 radical (unpaired) electrons. The highest BCUT2D eigenvalue weighted by Gasteiger charge is 2.29. The summed E-state index contributed by atoms with van der Waals surface area (Å²) in [5.41, 5.74) is 3.23. The molecule has 2 aromatic heterocycles. The van der Waals surface area contributed by atoms with E-state index in [1.165, 1.54) is 6.42 Å². The molecule has 0 bridgehead atoms. The molecular weight excluding hydrogens is 362 g/mol. The quantitative estimate of drug-likeness (QED) is 0.823.